The molecule has 1 aliphatic rings. The van der Waals surface area contributed by atoms with Crippen LogP contribution in [0.25, 0.3) is 10.4 Å². The molecule has 28 heavy (non-hydrogen) atoms. The molecule has 0 aliphatic carbocycles. The minimum atomic E-state index is -0.773. The SMILES string of the molecule is COc1ccc(F)cc1-c1cc(C(=O)N[C@H]2CCCCNC2)c(NC(N)=O)s1. The van der Waals surface area contributed by atoms with Crippen LogP contribution in [-0.4, -0.2) is 38.2 Å². The van der Waals surface area contributed by atoms with E-state index in [1.807, 2.05) is 0 Å². The Morgan fingerprint density at radius 2 is 2.14 bits per heavy atom. The molecular weight excluding hydrogens is 383 g/mol. The number of rotatable bonds is 5. The van der Waals surface area contributed by atoms with E-state index in [4.69, 9.17) is 10.5 Å². The maximum atomic E-state index is 13.8. The Morgan fingerprint density at radius 3 is 2.89 bits per heavy atom. The monoisotopic (exact) mass is 406 g/mol. The second-order valence-corrected chi connectivity index (χ2v) is 7.61. The number of amides is 3. The van der Waals surface area contributed by atoms with Crippen molar-refractivity contribution >= 4 is 28.3 Å². The number of hydrogen-bond acceptors (Lipinski definition) is 5. The van der Waals surface area contributed by atoms with Gasteiger partial charge in [0.2, 0.25) is 0 Å². The minimum Gasteiger partial charge on any atom is -0.496 e. The summed E-state index contributed by atoms with van der Waals surface area (Å²) in [4.78, 5) is 24.8. The van der Waals surface area contributed by atoms with Gasteiger partial charge in [0.1, 0.15) is 16.6 Å². The summed E-state index contributed by atoms with van der Waals surface area (Å²) in [6.45, 7) is 1.63. The molecule has 7 nitrogen and oxygen atoms in total. The molecule has 1 atom stereocenters. The third-order valence-corrected chi connectivity index (χ3v) is 5.61. The molecule has 0 saturated carbocycles. The van der Waals surface area contributed by atoms with E-state index in [2.05, 4.69) is 16.0 Å². The summed E-state index contributed by atoms with van der Waals surface area (Å²) in [5, 5.41) is 9.10. The first-order valence-corrected chi connectivity index (χ1v) is 9.85. The van der Waals surface area contributed by atoms with Gasteiger partial charge in [0.05, 0.1) is 12.7 Å². The smallest absolute Gasteiger partial charge is 0.317 e. The van der Waals surface area contributed by atoms with Crippen LogP contribution in [0.15, 0.2) is 24.3 Å². The van der Waals surface area contributed by atoms with E-state index in [9.17, 15) is 14.0 Å². The van der Waals surface area contributed by atoms with Gasteiger partial charge in [-0.3, -0.25) is 10.1 Å². The number of ether oxygens (including phenoxy) is 1. The van der Waals surface area contributed by atoms with Crippen molar-refractivity contribution in [3.8, 4) is 16.2 Å². The molecule has 5 N–H and O–H groups in total. The average molecular weight is 406 g/mol. The number of nitrogens with two attached hydrogens (primary N) is 1. The van der Waals surface area contributed by atoms with Crippen LogP contribution < -0.4 is 26.4 Å². The van der Waals surface area contributed by atoms with Crippen molar-refractivity contribution in [3.63, 3.8) is 0 Å². The van der Waals surface area contributed by atoms with Gasteiger partial charge in [-0.2, -0.15) is 0 Å². The molecule has 1 aromatic carbocycles. The van der Waals surface area contributed by atoms with Crippen molar-refractivity contribution in [2.45, 2.75) is 25.3 Å². The standard InChI is InChI=1S/C19H23FN4O3S/c1-27-15-6-5-11(20)8-13(15)16-9-14(18(28-16)24-19(21)26)17(25)23-12-4-2-3-7-22-10-12/h5-6,8-9,12,22H,2-4,7,10H2,1H3,(H,23,25)(H3,21,24,26)/t12-/m0/s1. The Labute approximate surface area is 166 Å². The van der Waals surface area contributed by atoms with Crippen molar-refractivity contribution in [3.05, 3.63) is 35.6 Å². The predicted octanol–water partition coefficient (Wildman–Crippen LogP) is 2.93. The number of thiophene rings is 1. The van der Waals surface area contributed by atoms with Gasteiger partial charge in [-0.05, 0) is 43.7 Å². The van der Waals surface area contributed by atoms with E-state index in [1.54, 1.807) is 6.07 Å². The molecule has 3 rings (SSSR count). The summed E-state index contributed by atoms with van der Waals surface area (Å²) < 4.78 is 19.1. The maximum absolute atomic E-state index is 13.8. The normalized spacial score (nSPS) is 16.9. The summed E-state index contributed by atoms with van der Waals surface area (Å²) in [7, 11) is 1.49. The van der Waals surface area contributed by atoms with Crippen molar-refractivity contribution in [1.29, 1.82) is 0 Å². The largest absolute Gasteiger partial charge is 0.496 e. The van der Waals surface area contributed by atoms with E-state index in [0.29, 0.717) is 27.7 Å². The topological polar surface area (TPSA) is 105 Å². The van der Waals surface area contributed by atoms with Crippen molar-refractivity contribution in [1.82, 2.24) is 10.6 Å². The highest BCUT2D eigenvalue weighted by Crippen LogP contribution is 2.40. The lowest BCUT2D eigenvalue weighted by atomic mass is 10.1. The average Bonchev–Trinajstić information content (AvgIpc) is 2.89. The lowest BCUT2D eigenvalue weighted by Crippen LogP contribution is -2.41. The lowest BCUT2D eigenvalue weighted by Gasteiger charge is -2.16. The molecule has 1 saturated heterocycles. The van der Waals surface area contributed by atoms with Gasteiger partial charge in [0.25, 0.3) is 5.91 Å². The van der Waals surface area contributed by atoms with Crippen LogP contribution in [0.2, 0.25) is 0 Å². The van der Waals surface area contributed by atoms with E-state index in [-0.39, 0.29) is 17.5 Å². The van der Waals surface area contributed by atoms with Gasteiger partial charge in [0, 0.05) is 23.0 Å². The summed E-state index contributed by atoms with van der Waals surface area (Å²) >= 11 is 1.14. The van der Waals surface area contributed by atoms with Crippen LogP contribution in [0.5, 0.6) is 5.75 Å². The summed E-state index contributed by atoms with van der Waals surface area (Å²) in [6.07, 6.45) is 2.98. The van der Waals surface area contributed by atoms with Crippen LogP contribution in [-0.2, 0) is 0 Å². The van der Waals surface area contributed by atoms with Gasteiger partial charge in [-0.1, -0.05) is 6.42 Å². The van der Waals surface area contributed by atoms with Crippen LogP contribution in [0, 0.1) is 5.82 Å². The molecular formula is C19H23FN4O3S. The van der Waals surface area contributed by atoms with Gasteiger partial charge in [-0.15, -0.1) is 11.3 Å². The zero-order chi connectivity index (χ0) is 20.1. The molecule has 1 fully saturated rings. The van der Waals surface area contributed by atoms with Crippen molar-refractivity contribution in [2.75, 3.05) is 25.5 Å². The molecule has 1 aliphatic heterocycles. The Kier molecular flexibility index (Phi) is 6.48. The fourth-order valence-corrected chi connectivity index (χ4v) is 4.25. The van der Waals surface area contributed by atoms with Crippen molar-refractivity contribution in [2.24, 2.45) is 5.73 Å². The molecule has 0 bridgehead atoms. The van der Waals surface area contributed by atoms with Gasteiger partial charge in [0.15, 0.2) is 0 Å². The Morgan fingerprint density at radius 1 is 1.32 bits per heavy atom. The Balaban J connectivity index is 1.92. The lowest BCUT2D eigenvalue weighted by molar-refractivity contribution is 0.0937. The number of methoxy groups -OCH3 is 1. The number of nitrogens with one attached hydrogen (secondary N) is 3. The predicted molar refractivity (Wildman–Crippen MR) is 107 cm³/mol. The first-order chi connectivity index (χ1) is 13.5. The maximum Gasteiger partial charge on any atom is 0.317 e. The zero-order valence-corrected chi connectivity index (χ0v) is 16.3. The van der Waals surface area contributed by atoms with Gasteiger partial charge in [-0.25, -0.2) is 9.18 Å². The Bertz CT molecular complexity index is 863. The van der Waals surface area contributed by atoms with Crippen LogP contribution in [0.1, 0.15) is 29.6 Å². The number of urea groups is 1. The quantitative estimate of drug-likeness (QED) is 0.613. The number of hydrogen-bond donors (Lipinski definition) is 4. The Hall–Kier alpha value is -2.65. The highest BCUT2D eigenvalue weighted by atomic mass is 32.1. The van der Waals surface area contributed by atoms with E-state index in [1.165, 1.54) is 25.3 Å². The number of carbonyl (C=O) groups is 2. The first kappa shape index (κ1) is 20.1. The number of carbonyl (C=O) groups excluding carboxylic acids is 2. The minimum absolute atomic E-state index is 0.00323. The molecule has 9 heteroatoms. The molecule has 3 amide bonds. The zero-order valence-electron chi connectivity index (χ0n) is 15.5. The summed E-state index contributed by atoms with van der Waals surface area (Å²) in [6, 6.07) is 4.99. The molecule has 1 aromatic heterocycles. The highest BCUT2D eigenvalue weighted by molar-refractivity contribution is 7.20. The number of halogens is 1. The molecule has 0 radical (unpaired) electrons. The second-order valence-electron chi connectivity index (χ2n) is 6.56. The fraction of sp³-hybridized carbons (Fsp3) is 0.368. The van der Waals surface area contributed by atoms with Crippen LogP contribution in [0.3, 0.4) is 0 Å². The number of benzene rings is 1. The van der Waals surface area contributed by atoms with Gasteiger partial charge < -0.3 is 21.1 Å². The molecule has 2 aromatic rings. The summed E-state index contributed by atoms with van der Waals surface area (Å²) in [5.74, 6) is -0.271. The van der Waals surface area contributed by atoms with Crippen LogP contribution in [0.4, 0.5) is 14.2 Å². The van der Waals surface area contributed by atoms with Crippen LogP contribution >= 0.6 is 11.3 Å². The molecule has 2 heterocycles. The summed E-state index contributed by atoms with van der Waals surface area (Å²) in [5.41, 5.74) is 6.04. The second kappa shape index (κ2) is 9.03. The van der Waals surface area contributed by atoms with Crippen molar-refractivity contribution < 1.29 is 18.7 Å². The number of anilines is 1. The third kappa shape index (κ3) is 4.79. The van der Waals surface area contributed by atoms with Gasteiger partial charge >= 0.3 is 6.03 Å². The van der Waals surface area contributed by atoms with E-state index in [0.717, 1.165) is 37.1 Å². The van der Waals surface area contributed by atoms with E-state index >= 15 is 0 Å². The van der Waals surface area contributed by atoms with E-state index < -0.39 is 11.8 Å². The first-order valence-electron chi connectivity index (χ1n) is 9.03. The molecule has 0 spiro atoms. The molecule has 150 valence electrons. The number of primary amides is 1. The highest BCUT2D eigenvalue weighted by Gasteiger charge is 2.22. The fourth-order valence-electron chi connectivity index (χ4n) is 3.18. The molecule has 0 unspecified atom stereocenters. The third-order valence-electron chi connectivity index (χ3n) is 4.52.